The summed E-state index contributed by atoms with van der Waals surface area (Å²) >= 11 is 0. The number of aryl methyl sites for hydroxylation is 1. The fourth-order valence-electron chi connectivity index (χ4n) is 4.50. The molecule has 1 aliphatic carbocycles. The lowest BCUT2D eigenvalue weighted by Crippen LogP contribution is -2.45. The number of carbonyl (C=O) groups is 1. The highest BCUT2D eigenvalue weighted by Gasteiger charge is 2.36. The zero-order valence-corrected chi connectivity index (χ0v) is 18.5. The van der Waals surface area contributed by atoms with E-state index in [4.69, 9.17) is 9.97 Å². The van der Waals surface area contributed by atoms with Gasteiger partial charge in [-0.1, -0.05) is 0 Å². The number of likely N-dealkylation sites (tertiary alicyclic amines) is 1. The molecule has 0 bridgehead atoms. The number of nitrogens with one attached hydrogen (secondary N) is 2. The molecular weight excluding hydrogens is 392 g/mol. The molecule has 1 saturated carbocycles. The van der Waals surface area contributed by atoms with Gasteiger partial charge in [-0.15, -0.1) is 0 Å². The van der Waals surface area contributed by atoms with Crippen molar-refractivity contribution in [2.45, 2.75) is 32.6 Å². The monoisotopic (exact) mass is 424 g/mol. The maximum atomic E-state index is 12.4. The van der Waals surface area contributed by atoms with Crippen LogP contribution in [0.3, 0.4) is 0 Å². The van der Waals surface area contributed by atoms with Gasteiger partial charge in [0.15, 0.2) is 5.82 Å². The van der Waals surface area contributed by atoms with E-state index in [2.05, 4.69) is 37.3 Å². The van der Waals surface area contributed by atoms with Gasteiger partial charge in [0.2, 0.25) is 5.91 Å². The maximum Gasteiger partial charge on any atom is 0.225 e. The molecular formula is C22H32N8O. The summed E-state index contributed by atoms with van der Waals surface area (Å²) in [6, 6.07) is 3.99. The molecule has 1 amide bonds. The average Bonchev–Trinajstić information content (AvgIpc) is 3.38. The van der Waals surface area contributed by atoms with Crippen LogP contribution < -0.4 is 10.2 Å². The molecule has 0 spiro atoms. The van der Waals surface area contributed by atoms with Crippen molar-refractivity contribution in [3.05, 3.63) is 23.7 Å². The van der Waals surface area contributed by atoms with Gasteiger partial charge in [0, 0.05) is 69.4 Å². The Bertz CT molecular complexity index is 931. The van der Waals surface area contributed by atoms with Crippen molar-refractivity contribution in [3.8, 4) is 0 Å². The number of aromatic nitrogens is 4. The largest absolute Gasteiger partial charge is 0.354 e. The molecule has 31 heavy (non-hydrogen) atoms. The van der Waals surface area contributed by atoms with Crippen molar-refractivity contribution >= 4 is 23.4 Å². The molecule has 2 aromatic rings. The number of hydrogen-bond acceptors (Lipinski definition) is 7. The first kappa shape index (κ1) is 20.2. The Labute approximate surface area is 183 Å². The number of likely N-dealkylation sites (N-methyl/N-ethyl adjacent to an activating group) is 1. The van der Waals surface area contributed by atoms with Crippen molar-refractivity contribution < 1.29 is 4.79 Å². The number of amides is 1. The molecule has 4 heterocycles. The first-order valence-corrected chi connectivity index (χ1v) is 11.4. The van der Waals surface area contributed by atoms with Gasteiger partial charge in [-0.2, -0.15) is 5.10 Å². The van der Waals surface area contributed by atoms with E-state index in [0.29, 0.717) is 17.7 Å². The first-order chi connectivity index (χ1) is 15.0. The highest BCUT2D eigenvalue weighted by Crippen LogP contribution is 2.33. The van der Waals surface area contributed by atoms with Gasteiger partial charge in [-0.3, -0.25) is 9.89 Å². The van der Waals surface area contributed by atoms with E-state index in [9.17, 15) is 4.79 Å². The number of piperazine rings is 1. The van der Waals surface area contributed by atoms with Crippen LogP contribution in [0.25, 0.3) is 0 Å². The van der Waals surface area contributed by atoms with Crippen LogP contribution in [-0.2, 0) is 11.2 Å². The molecule has 1 unspecified atom stereocenters. The molecule has 9 heteroatoms. The molecule has 3 fully saturated rings. The van der Waals surface area contributed by atoms with Crippen molar-refractivity contribution in [2.75, 3.05) is 56.5 Å². The molecule has 2 saturated heterocycles. The van der Waals surface area contributed by atoms with Crippen LogP contribution in [0.4, 0.5) is 17.5 Å². The van der Waals surface area contributed by atoms with Gasteiger partial charge in [0.25, 0.3) is 0 Å². The van der Waals surface area contributed by atoms with E-state index < -0.39 is 0 Å². The van der Waals surface area contributed by atoms with E-state index in [-0.39, 0.29) is 0 Å². The molecule has 9 nitrogen and oxygen atoms in total. The molecule has 2 N–H and O–H groups in total. The molecule has 1 atom stereocenters. The lowest BCUT2D eigenvalue weighted by molar-refractivity contribution is -0.131. The van der Waals surface area contributed by atoms with Gasteiger partial charge >= 0.3 is 0 Å². The minimum Gasteiger partial charge on any atom is -0.354 e. The Morgan fingerprint density at radius 3 is 2.61 bits per heavy atom. The fourth-order valence-corrected chi connectivity index (χ4v) is 4.50. The van der Waals surface area contributed by atoms with Gasteiger partial charge < -0.3 is 20.0 Å². The Hall–Kier alpha value is -2.68. The van der Waals surface area contributed by atoms with Crippen LogP contribution in [0.15, 0.2) is 12.1 Å². The average molecular weight is 425 g/mol. The number of nitrogens with zero attached hydrogens (tertiary/aromatic N) is 6. The predicted octanol–water partition coefficient (Wildman–Crippen LogP) is 1.80. The molecule has 2 aliphatic heterocycles. The Morgan fingerprint density at radius 2 is 1.90 bits per heavy atom. The van der Waals surface area contributed by atoms with Gasteiger partial charge in [-0.25, -0.2) is 9.97 Å². The summed E-state index contributed by atoms with van der Waals surface area (Å²) in [5, 5.41) is 10.6. The van der Waals surface area contributed by atoms with Gasteiger partial charge in [0.05, 0.1) is 0 Å². The van der Waals surface area contributed by atoms with Crippen LogP contribution >= 0.6 is 0 Å². The first-order valence-electron chi connectivity index (χ1n) is 11.4. The number of carbonyl (C=O) groups excluding carboxylic acids is 1. The molecule has 2 aromatic heterocycles. The number of anilines is 3. The lowest BCUT2D eigenvalue weighted by atomic mass is 10.0. The van der Waals surface area contributed by atoms with Crippen molar-refractivity contribution in [1.82, 2.24) is 30.0 Å². The van der Waals surface area contributed by atoms with Crippen molar-refractivity contribution in [1.29, 1.82) is 0 Å². The summed E-state index contributed by atoms with van der Waals surface area (Å²) in [7, 11) is 2.16. The summed E-state index contributed by atoms with van der Waals surface area (Å²) in [6.45, 7) is 7.66. The quantitative estimate of drug-likeness (QED) is 0.730. The predicted molar refractivity (Wildman–Crippen MR) is 119 cm³/mol. The summed E-state index contributed by atoms with van der Waals surface area (Å²) < 4.78 is 0. The molecule has 3 aliphatic rings. The van der Waals surface area contributed by atoms with Gasteiger partial charge in [-0.05, 0) is 39.2 Å². The van der Waals surface area contributed by atoms with Crippen LogP contribution in [0.5, 0.6) is 0 Å². The van der Waals surface area contributed by atoms with Crippen LogP contribution in [0.2, 0.25) is 0 Å². The second-order valence-electron chi connectivity index (χ2n) is 9.30. The number of rotatable bonds is 6. The summed E-state index contributed by atoms with van der Waals surface area (Å²) in [5.41, 5.74) is 1.00. The Kier molecular flexibility index (Phi) is 5.52. The molecule has 0 aromatic carbocycles. The highest BCUT2D eigenvalue weighted by molar-refractivity contribution is 5.81. The maximum absolute atomic E-state index is 12.4. The summed E-state index contributed by atoms with van der Waals surface area (Å²) in [4.78, 5) is 28.9. The summed E-state index contributed by atoms with van der Waals surface area (Å²) in [5.74, 6) is 4.41. The van der Waals surface area contributed by atoms with Crippen molar-refractivity contribution in [2.24, 2.45) is 11.8 Å². The fraction of sp³-hybridized carbons (Fsp3) is 0.636. The van der Waals surface area contributed by atoms with E-state index in [1.165, 1.54) is 0 Å². The van der Waals surface area contributed by atoms with E-state index in [1.54, 1.807) is 0 Å². The Balaban J connectivity index is 1.33. The second-order valence-corrected chi connectivity index (χ2v) is 9.30. The minimum absolute atomic E-state index is 0.295. The SMILES string of the molecule is Cc1cc(Nc2cc(N3CCN(C)CC3)nc(CC3CCN(C(=O)C4CC4)C3)n2)n[nH]1. The van der Waals surface area contributed by atoms with Crippen LogP contribution in [0.1, 0.15) is 30.8 Å². The molecule has 0 radical (unpaired) electrons. The van der Waals surface area contributed by atoms with Crippen LogP contribution in [0, 0.1) is 18.8 Å². The topological polar surface area (TPSA) is 93.3 Å². The number of hydrogen-bond donors (Lipinski definition) is 2. The van der Waals surface area contributed by atoms with E-state index in [1.807, 2.05) is 19.1 Å². The van der Waals surface area contributed by atoms with Crippen LogP contribution in [-0.4, -0.2) is 82.2 Å². The lowest BCUT2D eigenvalue weighted by Gasteiger charge is -2.33. The second kappa shape index (κ2) is 8.45. The van der Waals surface area contributed by atoms with Crippen molar-refractivity contribution in [3.63, 3.8) is 0 Å². The zero-order chi connectivity index (χ0) is 21.4. The third kappa shape index (κ3) is 4.81. The standard InChI is InChI=1S/C22H32N8O/c1-15-11-20(27-26-15)24-19-13-21(29-9-7-28(2)8-10-29)25-18(23-19)12-16-5-6-30(14-16)22(31)17-3-4-17/h11,13,16-17H,3-10,12,14H2,1-2H3,(H2,23,24,25,26,27). The van der Waals surface area contributed by atoms with E-state index >= 15 is 0 Å². The number of H-pyrrole nitrogens is 1. The number of aromatic amines is 1. The van der Waals surface area contributed by atoms with E-state index in [0.717, 1.165) is 93.9 Å². The normalized spacial score (nSPS) is 22.2. The Morgan fingerprint density at radius 1 is 1.10 bits per heavy atom. The third-order valence-electron chi connectivity index (χ3n) is 6.54. The van der Waals surface area contributed by atoms with Gasteiger partial charge in [0.1, 0.15) is 17.5 Å². The smallest absolute Gasteiger partial charge is 0.225 e. The third-order valence-corrected chi connectivity index (χ3v) is 6.54. The minimum atomic E-state index is 0.295. The zero-order valence-electron chi connectivity index (χ0n) is 18.5. The highest BCUT2D eigenvalue weighted by atomic mass is 16.2. The summed E-state index contributed by atoms with van der Waals surface area (Å²) in [6.07, 6.45) is 3.96. The molecule has 5 rings (SSSR count). The molecule has 166 valence electrons.